The third-order valence-corrected chi connectivity index (χ3v) is 6.19. The molecule has 9 nitrogen and oxygen atoms in total. The zero-order chi connectivity index (χ0) is 23.0. The van der Waals surface area contributed by atoms with Gasteiger partial charge in [0.05, 0.1) is 12.2 Å². The van der Waals surface area contributed by atoms with Crippen LogP contribution in [0.25, 0.3) is 10.1 Å². The third-order valence-electron chi connectivity index (χ3n) is 3.51. The van der Waals surface area contributed by atoms with Crippen molar-refractivity contribution in [3.8, 4) is 0 Å². The van der Waals surface area contributed by atoms with E-state index >= 15 is 4.39 Å². The summed E-state index contributed by atoms with van der Waals surface area (Å²) < 4.78 is 58.0. The lowest BCUT2D eigenvalue weighted by atomic mass is 10.2. The Balaban J connectivity index is 2.10. The monoisotopic (exact) mass is 478 g/mol. The Bertz CT molecular complexity index is 898. The van der Waals surface area contributed by atoms with E-state index < -0.39 is 51.6 Å². The maximum atomic E-state index is 15.2. The molecule has 0 unspecified atom stereocenters. The minimum Gasteiger partial charge on any atom is -0.432 e. The normalized spacial score (nSPS) is 12.7. The zero-order valence-electron chi connectivity index (χ0n) is 17.4. The molecular weight excluding hydrogens is 454 g/mol. The summed E-state index contributed by atoms with van der Waals surface area (Å²) in [5.74, 6) is -2.24. The molecule has 0 saturated heterocycles. The van der Waals surface area contributed by atoms with E-state index in [0.29, 0.717) is 0 Å². The van der Waals surface area contributed by atoms with Gasteiger partial charge in [-0.2, -0.15) is 0 Å². The van der Waals surface area contributed by atoms with Gasteiger partial charge in [0.1, 0.15) is 0 Å². The summed E-state index contributed by atoms with van der Waals surface area (Å²) in [5.41, 5.74) is 0.0174. The van der Waals surface area contributed by atoms with Crippen LogP contribution in [0.3, 0.4) is 0 Å². The Kier molecular flexibility index (Phi) is 9.24. The second-order valence-corrected chi connectivity index (χ2v) is 9.71. The number of alkyl halides is 1. The molecule has 0 fully saturated rings. The summed E-state index contributed by atoms with van der Waals surface area (Å²) in [6.45, 7) is 4.59. The highest BCUT2D eigenvalue weighted by atomic mass is 32.1. The van der Waals surface area contributed by atoms with Gasteiger partial charge in [-0.1, -0.05) is 6.07 Å². The third kappa shape index (κ3) is 7.77. The van der Waals surface area contributed by atoms with E-state index in [1.807, 2.05) is 5.38 Å². The van der Waals surface area contributed by atoms with Crippen LogP contribution in [0.15, 0.2) is 29.6 Å². The standard InChI is InChI=1S/C19H24FO9PS/c1-12(2)28-18(21)24-10-26-30(23,27-11-25-19(22)29-13(3)4)17(20)15-5-6-16-14(9-15)7-8-31-16/h5-9,12-13,17H,10-11H2,1-4H3/t17-/m1/s1. The van der Waals surface area contributed by atoms with Crippen LogP contribution in [0.5, 0.6) is 0 Å². The van der Waals surface area contributed by atoms with E-state index in [-0.39, 0.29) is 5.56 Å². The minimum absolute atomic E-state index is 0.0174. The summed E-state index contributed by atoms with van der Waals surface area (Å²) in [4.78, 5) is 22.9. The lowest BCUT2D eigenvalue weighted by molar-refractivity contribution is -0.0337. The van der Waals surface area contributed by atoms with Gasteiger partial charge in [0.2, 0.25) is 19.5 Å². The van der Waals surface area contributed by atoms with Crippen LogP contribution in [0.1, 0.15) is 39.2 Å². The molecule has 2 rings (SSSR count). The molecule has 31 heavy (non-hydrogen) atoms. The fourth-order valence-corrected chi connectivity index (χ4v) is 4.27. The van der Waals surface area contributed by atoms with Gasteiger partial charge in [-0.15, -0.1) is 11.3 Å². The minimum atomic E-state index is -4.60. The number of carbonyl (C=O) groups is 2. The van der Waals surface area contributed by atoms with E-state index in [0.717, 1.165) is 10.1 Å². The Morgan fingerprint density at radius 3 is 2.03 bits per heavy atom. The molecule has 1 atom stereocenters. The molecule has 1 aromatic heterocycles. The fourth-order valence-electron chi connectivity index (χ4n) is 2.23. The molecule has 0 amide bonds. The van der Waals surface area contributed by atoms with Crippen LogP contribution in [-0.4, -0.2) is 38.1 Å². The Labute approximate surface area is 182 Å². The van der Waals surface area contributed by atoms with Crippen LogP contribution in [0, 0.1) is 0 Å². The average Bonchev–Trinajstić information content (AvgIpc) is 3.14. The van der Waals surface area contributed by atoms with Crippen LogP contribution in [0.2, 0.25) is 0 Å². The molecule has 1 heterocycles. The largest absolute Gasteiger partial charge is 0.510 e. The molecule has 0 aliphatic carbocycles. The number of thiophene rings is 1. The van der Waals surface area contributed by atoms with E-state index in [4.69, 9.17) is 18.5 Å². The molecule has 12 heteroatoms. The number of halogens is 1. The maximum absolute atomic E-state index is 15.2. The van der Waals surface area contributed by atoms with Crippen molar-refractivity contribution in [2.45, 2.75) is 45.8 Å². The predicted molar refractivity (Wildman–Crippen MR) is 111 cm³/mol. The van der Waals surface area contributed by atoms with Crippen LogP contribution < -0.4 is 0 Å². The molecule has 0 saturated carbocycles. The predicted octanol–water partition coefficient (Wildman–Crippen LogP) is 6.13. The van der Waals surface area contributed by atoms with Gasteiger partial charge in [-0.3, -0.25) is 13.6 Å². The number of rotatable bonds is 10. The van der Waals surface area contributed by atoms with Gasteiger partial charge in [-0.25, -0.2) is 14.0 Å². The number of hydrogen-bond acceptors (Lipinski definition) is 10. The summed E-state index contributed by atoms with van der Waals surface area (Å²) in [7, 11) is -4.60. The Hall–Kier alpha value is -2.20. The molecule has 2 aromatic rings. The number of hydrogen-bond donors (Lipinski definition) is 0. The van der Waals surface area contributed by atoms with Crippen LogP contribution in [-0.2, 0) is 32.6 Å². The lowest BCUT2D eigenvalue weighted by Crippen LogP contribution is -2.17. The molecule has 0 aliphatic heterocycles. The first-order valence-electron chi connectivity index (χ1n) is 9.27. The number of ether oxygens (including phenoxy) is 4. The van der Waals surface area contributed by atoms with Crippen LogP contribution >= 0.6 is 18.9 Å². The topological polar surface area (TPSA) is 107 Å². The Morgan fingerprint density at radius 1 is 0.968 bits per heavy atom. The van der Waals surface area contributed by atoms with Crippen molar-refractivity contribution in [1.29, 1.82) is 0 Å². The van der Waals surface area contributed by atoms with E-state index in [1.165, 1.54) is 23.5 Å². The second-order valence-electron chi connectivity index (χ2n) is 6.71. The molecular formula is C19H24FO9PS. The molecule has 1 aromatic carbocycles. The maximum Gasteiger partial charge on any atom is 0.510 e. The van der Waals surface area contributed by atoms with Crippen LogP contribution in [0.4, 0.5) is 14.0 Å². The molecule has 0 spiro atoms. The summed E-state index contributed by atoms with van der Waals surface area (Å²) >= 11 is 1.46. The van der Waals surface area contributed by atoms with Gasteiger partial charge in [0, 0.05) is 4.70 Å². The highest BCUT2D eigenvalue weighted by Crippen LogP contribution is 2.62. The second kappa shape index (κ2) is 11.4. The van der Waals surface area contributed by atoms with Gasteiger partial charge in [0.15, 0.2) is 0 Å². The van der Waals surface area contributed by atoms with Crippen molar-refractivity contribution in [2.75, 3.05) is 13.6 Å². The van der Waals surface area contributed by atoms with Gasteiger partial charge < -0.3 is 18.9 Å². The van der Waals surface area contributed by atoms with E-state index in [9.17, 15) is 14.2 Å². The van der Waals surface area contributed by atoms with Crippen molar-refractivity contribution < 1.29 is 46.5 Å². The Morgan fingerprint density at radius 2 is 1.52 bits per heavy atom. The zero-order valence-corrected chi connectivity index (χ0v) is 19.2. The van der Waals surface area contributed by atoms with E-state index in [1.54, 1.807) is 39.8 Å². The smallest absolute Gasteiger partial charge is 0.432 e. The SMILES string of the molecule is CC(C)OC(=O)OCOP(=O)(OCOC(=O)OC(C)C)[C@@H](F)c1ccc2sccc2c1. The van der Waals surface area contributed by atoms with Crippen molar-refractivity contribution in [1.82, 2.24) is 0 Å². The van der Waals surface area contributed by atoms with Crippen molar-refractivity contribution in [2.24, 2.45) is 0 Å². The molecule has 0 aliphatic rings. The highest BCUT2D eigenvalue weighted by molar-refractivity contribution is 7.54. The first-order chi connectivity index (χ1) is 14.6. The van der Waals surface area contributed by atoms with Crippen molar-refractivity contribution >= 4 is 41.3 Å². The number of benzene rings is 1. The number of fused-ring (bicyclic) bond motifs is 1. The van der Waals surface area contributed by atoms with Crippen molar-refractivity contribution in [3.63, 3.8) is 0 Å². The summed E-state index contributed by atoms with van der Waals surface area (Å²) in [5, 5.41) is 2.57. The van der Waals surface area contributed by atoms with Gasteiger partial charge >= 0.3 is 19.9 Å². The van der Waals surface area contributed by atoms with E-state index in [2.05, 4.69) is 9.47 Å². The molecule has 172 valence electrons. The first kappa shape index (κ1) is 25.1. The first-order valence-corrected chi connectivity index (χ1v) is 11.8. The highest BCUT2D eigenvalue weighted by Gasteiger charge is 2.39. The van der Waals surface area contributed by atoms with Gasteiger partial charge in [0.25, 0.3) is 0 Å². The lowest BCUT2D eigenvalue weighted by Gasteiger charge is -2.22. The summed E-state index contributed by atoms with van der Waals surface area (Å²) in [6.07, 6.45) is -3.09. The average molecular weight is 478 g/mol. The molecule has 0 bridgehead atoms. The summed E-state index contributed by atoms with van der Waals surface area (Å²) in [6, 6.07) is 6.38. The van der Waals surface area contributed by atoms with Gasteiger partial charge in [-0.05, 0) is 62.2 Å². The quantitative estimate of drug-likeness (QED) is 0.226. The van der Waals surface area contributed by atoms with Crippen molar-refractivity contribution in [3.05, 3.63) is 35.2 Å². The fraction of sp³-hybridized carbons (Fsp3) is 0.474. The number of carbonyl (C=O) groups excluding carboxylic acids is 2. The molecule has 0 N–H and O–H groups in total. The molecule has 0 radical (unpaired) electrons.